The van der Waals surface area contributed by atoms with Crippen molar-refractivity contribution in [3.63, 3.8) is 0 Å². The lowest BCUT2D eigenvalue weighted by Crippen LogP contribution is -2.39. The summed E-state index contributed by atoms with van der Waals surface area (Å²) >= 11 is 0. The Balaban J connectivity index is 1.66. The van der Waals surface area contributed by atoms with Gasteiger partial charge in [-0.15, -0.1) is 0 Å². The number of nitrogens with zero attached hydrogens (tertiary/aromatic N) is 3. The molecule has 3 rings (SSSR count). The van der Waals surface area contributed by atoms with Crippen molar-refractivity contribution in [1.82, 2.24) is 4.98 Å². The number of hydrogen-bond donors (Lipinski definition) is 1. The second-order valence-corrected chi connectivity index (χ2v) is 6.53. The molecule has 0 amide bonds. The number of hydrogen-bond acceptors (Lipinski definition) is 5. The SMILES string of the molecule is CC(=O)c1ccc(C#N)c(NC2CCN(c3ccc(C)cn3)CC2)c1. The zero-order valence-corrected chi connectivity index (χ0v) is 14.6. The highest BCUT2D eigenvalue weighted by Gasteiger charge is 2.21. The predicted molar refractivity (Wildman–Crippen MR) is 99.0 cm³/mol. The molecule has 1 aromatic carbocycles. The standard InChI is InChI=1S/C20H22N4O/c1-14-3-6-20(22-13-14)24-9-7-18(8-10-24)23-19-11-16(15(2)25)4-5-17(19)12-21/h3-6,11,13,18,23H,7-10H2,1-2H3. The lowest BCUT2D eigenvalue weighted by Gasteiger charge is -2.33. The number of benzene rings is 1. The second kappa shape index (κ2) is 7.35. The van der Waals surface area contributed by atoms with Crippen molar-refractivity contribution < 1.29 is 4.79 Å². The highest BCUT2D eigenvalue weighted by Crippen LogP contribution is 2.23. The van der Waals surface area contributed by atoms with Crippen LogP contribution in [0.15, 0.2) is 36.5 Å². The van der Waals surface area contributed by atoms with E-state index in [4.69, 9.17) is 0 Å². The first-order valence-corrected chi connectivity index (χ1v) is 8.56. The number of aromatic nitrogens is 1. The Labute approximate surface area is 148 Å². The van der Waals surface area contributed by atoms with Gasteiger partial charge in [0.2, 0.25) is 0 Å². The van der Waals surface area contributed by atoms with Gasteiger partial charge < -0.3 is 10.2 Å². The van der Waals surface area contributed by atoms with Crippen LogP contribution in [0.25, 0.3) is 0 Å². The maximum absolute atomic E-state index is 11.6. The molecule has 1 N–H and O–H groups in total. The minimum atomic E-state index is 0.00723. The Bertz CT molecular complexity index is 799. The summed E-state index contributed by atoms with van der Waals surface area (Å²) in [6.45, 7) is 5.41. The van der Waals surface area contributed by atoms with Crippen molar-refractivity contribution in [3.8, 4) is 6.07 Å². The zero-order chi connectivity index (χ0) is 17.8. The lowest BCUT2D eigenvalue weighted by atomic mass is 10.0. The fourth-order valence-electron chi connectivity index (χ4n) is 3.10. The van der Waals surface area contributed by atoms with E-state index in [0.717, 1.165) is 43.0 Å². The molecule has 0 unspecified atom stereocenters. The topological polar surface area (TPSA) is 69.0 Å². The maximum atomic E-state index is 11.6. The Morgan fingerprint density at radius 3 is 2.64 bits per heavy atom. The monoisotopic (exact) mass is 334 g/mol. The average molecular weight is 334 g/mol. The first-order chi connectivity index (χ1) is 12.1. The van der Waals surface area contributed by atoms with Crippen LogP contribution in [0.4, 0.5) is 11.5 Å². The van der Waals surface area contributed by atoms with Crippen molar-refractivity contribution in [2.24, 2.45) is 0 Å². The third kappa shape index (κ3) is 3.97. The Morgan fingerprint density at radius 1 is 1.28 bits per heavy atom. The van der Waals surface area contributed by atoms with Crippen LogP contribution in [0, 0.1) is 18.3 Å². The van der Waals surface area contributed by atoms with Crippen LogP contribution in [0.1, 0.15) is 41.3 Å². The molecule has 5 heteroatoms. The third-order valence-electron chi connectivity index (χ3n) is 4.62. The van der Waals surface area contributed by atoms with Gasteiger partial charge in [0.15, 0.2) is 5.78 Å². The lowest BCUT2D eigenvalue weighted by molar-refractivity contribution is 0.101. The van der Waals surface area contributed by atoms with E-state index in [-0.39, 0.29) is 11.8 Å². The number of rotatable bonds is 4. The van der Waals surface area contributed by atoms with Gasteiger partial charge in [-0.05, 0) is 56.5 Å². The van der Waals surface area contributed by atoms with Crippen LogP contribution in [-0.4, -0.2) is 29.9 Å². The number of pyridine rings is 1. The summed E-state index contributed by atoms with van der Waals surface area (Å²) in [6.07, 6.45) is 3.82. The number of nitriles is 1. The minimum Gasteiger partial charge on any atom is -0.381 e. The highest BCUT2D eigenvalue weighted by atomic mass is 16.1. The molecule has 0 aliphatic carbocycles. The van der Waals surface area contributed by atoms with E-state index in [1.807, 2.05) is 13.1 Å². The number of Topliss-reactive ketones (excluding diaryl/α,β-unsaturated/α-hetero) is 1. The van der Waals surface area contributed by atoms with Crippen molar-refractivity contribution >= 4 is 17.3 Å². The van der Waals surface area contributed by atoms with Crippen molar-refractivity contribution in [2.45, 2.75) is 32.7 Å². The van der Waals surface area contributed by atoms with Crippen molar-refractivity contribution in [2.75, 3.05) is 23.3 Å². The Morgan fingerprint density at radius 2 is 2.04 bits per heavy atom. The molecule has 1 saturated heterocycles. The van der Waals surface area contributed by atoms with Gasteiger partial charge >= 0.3 is 0 Å². The van der Waals surface area contributed by atoms with Gasteiger partial charge in [-0.2, -0.15) is 5.26 Å². The van der Waals surface area contributed by atoms with Gasteiger partial charge in [0.25, 0.3) is 0 Å². The number of ketones is 1. The molecule has 0 atom stereocenters. The number of anilines is 2. The first-order valence-electron chi connectivity index (χ1n) is 8.56. The van der Waals surface area contributed by atoms with Crippen molar-refractivity contribution in [1.29, 1.82) is 5.26 Å². The molecular weight excluding hydrogens is 312 g/mol. The molecule has 128 valence electrons. The van der Waals surface area contributed by atoms with Gasteiger partial charge in [-0.1, -0.05) is 6.07 Å². The van der Waals surface area contributed by atoms with Gasteiger partial charge in [-0.3, -0.25) is 4.79 Å². The van der Waals surface area contributed by atoms with Crippen molar-refractivity contribution in [3.05, 3.63) is 53.2 Å². The van der Waals surface area contributed by atoms with E-state index in [2.05, 4.69) is 33.4 Å². The molecule has 2 heterocycles. The number of aryl methyl sites for hydroxylation is 1. The maximum Gasteiger partial charge on any atom is 0.159 e. The summed E-state index contributed by atoms with van der Waals surface area (Å²) in [5.41, 5.74) is 3.12. The molecule has 0 bridgehead atoms. The van der Waals surface area contributed by atoms with Crippen LogP contribution < -0.4 is 10.2 Å². The Hall–Kier alpha value is -2.87. The van der Waals surface area contributed by atoms with E-state index in [1.165, 1.54) is 6.92 Å². The predicted octanol–water partition coefficient (Wildman–Crippen LogP) is 3.55. The average Bonchev–Trinajstić information content (AvgIpc) is 2.63. The van der Waals surface area contributed by atoms with E-state index in [1.54, 1.807) is 18.2 Å². The van der Waals surface area contributed by atoms with Gasteiger partial charge in [0.05, 0.1) is 11.3 Å². The quantitative estimate of drug-likeness (QED) is 0.866. The molecule has 0 radical (unpaired) electrons. The molecule has 1 aliphatic rings. The largest absolute Gasteiger partial charge is 0.381 e. The molecule has 1 fully saturated rings. The molecule has 1 aromatic heterocycles. The molecule has 1 aliphatic heterocycles. The zero-order valence-electron chi connectivity index (χ0n) is 14.6. The van der Waals surface area contributed by atoms with Crippen LogP contribution in [0.5, 0.6) is 0 Å². The third-order valence-corrected chi connectivity index (χ3v) is 4.62. The summed E-state index contributed by atoms with van der Waals surface area (Å²) < 4.78 is 0. The van der Waals surface area contributed by atoms with Crippen LogP contribution in [-0.2, 0) is 0 Å². The second-order valence-electron chi connectivity index (χ2n) is 6.53. The fraction of sp³-hybridized carbons (Fsp3) is 0.350. The summed E-state index contributed by atoms with van der Waals surface area (Å²) in [6, 6.07) is 11.8. The van der Waals surface area contributed by atoms with E-state index < -0.39 is 0 Å². The number of nitrogens with one attached hydrogen (secondary N) is 1. The van der Waals surface area contributed by atoms with E-state index in [9.17, 15) is 10.1 Å². The molecule has 0 spiro atoms. The first kappa shape index (κ1) is 17.0. The minimum absolute atomic E-state index is 0.00723. The fourth-order valence-corrected chi connectivity index (χ4v) is 3.10. The normalized spacial score (nSPS) is 14.8. The van der Waals surface area contributed by atoms with Gasteiger partial charge in [0.1, 0.15) is 11.9 Å². The summed E-state index contributed by atoms with van der Waals surface area (Å²) in [4.78, 5) is 18.4. The molecule has 2 aromatic rings. The number of carbonyl (C=O) groups excluding carboxylic acids is 1. The summed E-state index contributed by atoms with van der Waals surface area (Å²) in [5.74, 6) is 1.02. The van der Waals surface area contributed by atoms with Crippen LogP contribution in [0.3, 0.4) is 0 Å². The van der Waals surface area contributed by atoms with Gasteiger partial charge in [-0.25, -0.2) is 4.98 Å². The molecule has 25 heavy (non-hydrogen) atoms. The molecule has 5 nitrogen and oxygen atoms in total. The van der Waals surface area contributed by atoms with Gasteiger partial charge in [0, 0.05) is 30.9 Å². The highest BCUT2D eigenvalue weighted by molar-refractivity contribution is 5.95. The van der Waals surface area contributed by atoms with Crippen LogP contribution in [0.2, 0.25) is 0 Å². The summed E-state index contributed by atoms with van der Waals surface area (Å²) in [5, 5.41) is 12.8. The van der Waals surface area contributed by atoms with E-state index >= 15 is 0 Å². The number of piperidine rings is 1. The molecule has 0 saturated carbocycles. The number of carbonyl (C=O) groups is 1. The Kier molecular flexibility index (Phi) is 4.99. The summed E-state index contributed by atoms with van der Waals surface area (Å²) in [7, 11) is 0. The van der Waals surface area contributed by atoms with Crippen LogP contribution >= 0.6 is 0 Å². The smallest absolute Gasteiger partial charge is 0.159 e. The molecular formula is C20H22N4O. The van der Waals surface area contributed by atoms with E-state index in [0.29, 0.717) is 11.1 Å².